The van der Waals surface area contributed by atoms with Gasteiger partial charge in [-0.05, 0) is 28.4 Å². The fourth-order valence-electron chi connectivity index (χ4n) is 1.84. The Morgan fingerprint density at radius 2 is 2.40 bits per heavy atom. The summed E-state index contributed by atoms with van der Waals surface area (Å²) < 4.78 is 1.09. The number of hydrogen-bond acceptors (Lipinski definition) is 3. The molecule has 0 amide bonds. The molecule has 0 saturated carbocycles. The number of pyridine rings is 1. The fourth-order valence-corrected chi connectivity index (χ4v) is 2.31. The summed E-state index contributed by atoms with van der Waals surface area (Å²) in [6.07, 6.45) is 4.89. The van der Waals surface area contributed by atoms with Gasteiger partial charge < -0.3 is 10.2 Å². The molecule has 82 valence electrons. The van der Waals surface area contributed by atoms with Gasteiger partial charge in [-0.3, -0.25) is 4.98 Å². The van der Waals surface area contributed by atoms with E-state index >= 15 is 0 Å². The SMILES string of the molecule is CCCN(c1ccncc1Br)C1CNC1. The van der Waals surface area contributed by atoms with Gasteiger partial charge in [0.2, 0.25) is 0 Å². The summed E-state index contributed by atoms with van der Waals surface area (Å²) in [5.41, 5.74) is 1.26. The van der Waals surface area contributed by atoms with Gasteiger partial charge in [-0.2, -0.15) is 0 Å². The highest BCUT2D eigenvalue weighted by molar-refractivity contribution is 9.10. The Balaban J connectivity index is 2.19. The van der Waals surface area contributed by atoms with Gasteiger partial charge in [0.1, 0.15) is 0 Å². The van der Waals surface area contributed by atoms with Crippen LogP contribution in [-0.2, 0) is 0 Å². The van der Waals surface area contributed by atoms with E-state index in [-0.39, 0.29) is 0 Å². The van der Waals surface area contributed by atoms with Gasteiger partial charge in [-0.15, -0.1) is 0 Å². The molecule has 15 heavy (non-hydrogen) atoms. The number of rotatable bonds is 4. The highest BCUT2D eigenvalue weighted by Gasteiger charge is 2.25. The summed E-state index contributed by atoms with van der Waals surface area (Å²) in [6.45, 7) is 5.51. The molecular weight excluding hydrogens is 254 g/mol. The van der Waals surface area contributed by atoms with Crippen LogP contribution in [0.25, 0.3) is 0 Å². The maximum Gasteiger partial charge on any atom is 0.0592 e. The summed E-state index contributed by atoms with van der Waals surface area (Å²) in [6, 6.07) is 2.72. The van der Waals surface area contributed by atoms with Crippen molar-refractivity contribution < 1.29 is 0 Å². The van der Waals surface area contributed by atoms with Crippen LogP contribution in [0.5, 0.6) is 0 Å². The van der Waals surface area contributed by atoms with Crippen molar-refractivity contribution in [3.63, 3.8) is 0 Å². The molecule has 0 spiro atoms. The normalized spacial score (nSPS) is 16.1. The van der Waals surface area contributed by atoms with E-state index in [1.165, 1.54) is 12.1 Å². The van der Waals surface area contributed by atoms with Gasteiger partial charge in [-0.25, -0.2) is 0 Å². The van der Waals surface area contributed by atoms with E-state index in [0.717, 1.165) is 24.1 Å². The zero-order valence-electron chi connectivity index (χ0n) is 8.91. The molecule has 1 aromatic heterocycles. The van der Waals surface area contributed by atoms with Crippen molar-refractivity contribution in [3.8, 4) is 0 Å². The molecule has 4 heteroatoms. The van der Waals surface area contributed by atoms with Crippen LogP contribution in [0.1, 0.15) is 13.3 Å². The van der Waals surface area contributed by atoms with Crippen LogP contribution in [0.2, 0.25) is 0 Å². The third kappa shape index (κ3) is 2.32. The first kappa shape index (κ1) is 10.9. The molecule has 0 bridgehead atoms. The Hall–Kier alpha value is -0.610. The van der Waals surface area contributed by atoms with E-state index in [1.54, 1.807) is 0 Å². The number of nitrogens with one attached hydrogen (secondary N) is 1. The predicted octanol–water partition coefficient (Wildman–Crippen LogP) is 2.03. The molecule has 0 aromatic carbocycles. The minimum atomic E-state index is 0.642. The van der Waals surface area contributed by atoms with Crippen molar-refractivity contribution in [1.82, 2.24) is 10.3 Å². The maximum absolute atomic E-state index is 4.10. The highest BCUT2D eigenvalue weighted by atomic mass is 79.9. The monoisotopic (exact) mass is 269 g/mol. The maximum atomic E-state index is 4.10. The predicted molar refractivity (Wildman–Crippen MR) is 66.2 cm³/mol. The van der Waals surface area contributed by atoms with Crippen LogP contribution in [0, 0.1) is 0 Å². The van der Waals surface area contributed by atoms with Crippen molar-refractivity contribution in [2.45, 2.75) is 19.4 Å². The third-order valence-electron chi connectivity index (χ3n) is 2.73. The summed E-state index contributed by atoms with van der Waals surface area (Å²) in [5, 5.41) is 3.32. The van der Waals surface area contributed by atoms with Crippen molar-refractivity contribution in [3.05, 3.63) is 22.9 Å². The summed E-state index contributed by atoms with van der Waals surface area (Å²) in [7, 11) is 0. The van der Waals surface area contributed by atoms with E-state index in [2.05, 4.69) is 44.1 Å². The Kier molecular flexibility index (Phi) is 3.59. The lowest BCUT2D eigenvalue weighted by atomic mass is 10.1. The second kappa shape index (κ2) is 4.94. The molecule has 3 nitrogen and oxygen atoms in total. The minimum Gasteiger partial charge on any atom is -0.365 e. The Morgan fingerprint density at radius 1 is 1.60 bits per heavy atom. The zero-order chi connectivity index (χ0) is 10.7. The minimum absolute atomic E-state index is 0.642. The molecule has 0 unspecified atom stereocenters. The number of halogens is 1. The van der Waals surface area contributed by atoms with Crippen molar-refractivity contribution in [1.29, 1.82) is 0 Å². The third-order valence-corrected chi connectivity index (χ3v) is 3.34. The first-order valence-electron chi connectivity index (χ1n) is 5.39. The molecule has 0 atom stereocenters. The molecule has 1 aliphatic rings. The fraction of sp³-hybridized carbons (Fsp3) is 0.545. The topological polar surface area (TPSA) is 28.2 Å². The van der Waals surface area contributed by atoms with E-state index in [4.69, 9.17) is 0 Å². The average Bonchev–Trinajstić information content (AvgIpc) is 2.15. The molecular formula is C11H16BrN3. The second-order valence-electron chi connectivity index (χ2n) is 3.83. The smallest absolute Gasteiger partial charge is 0.0592 e. The van der Waals surface area contributed by atoms with Gasteiger partial charge in [0.05, 0.1) is 16.2 Å². The van der Waals surface area contributed by atoms with Gasteiger partial charge >= 0.3 is 0 Å². The zero-order valence-corrected chi connectivity index (χ0v) is 10.5. The lowest BCUT2D eigenvalue weighted by Crippen LogP contribution is -2.57. The number of hydrogen-bond donors (Lipinski definition) is 1. The van der Waals surface area contributed by atoms with Crippen LogP contribution in [0.3, 0.4) is 0 Å². The van der Waals surface area contributed by atoms with Crippen LogP contribution in [0.15, 0.2) is 22.9 Å². The lowest BCUT2D eigenvalue weighted by Gasteiger charge is -2.40. The van der Waals surface area contributed by atoms with Crippen molar-refractivity contribution >= 4 is 21.6 Å². The molecule has 0 radical (unpaired) electrons. The Morgan fingerprint density at radius 3 is 2.93 bits per heavy atom. The molecule has 1 saturated heterocycles. The van der Waals surface area contributed by atoms with Crippen molar-refractivity contribution in [2.75, 3.05) is 24.5 Å². The van der Waals surface area contributed by atoms with Crippen molar-refractivity contribution in [2.24, 2.45) is 0 Å². The molecule has 1 fully saturated rings. The van der Waals surface area contributed by atoms with E-state index in [1.807, 2.05) is 12.4 Å². The van der Waals surface area contributed by atoms with Crippen LogP contribution in [0.4, 0.5) is 5.69 Å². The van der Waals surface area contributed by atoms with E-state index in [9.17, 15) is 0 Å². The first-order chi connectivity index (χ1) is 7.33. The molecule has 1 aromatic rings. The highest BCUT2D eigenvalue weighted by Crippen LogP contribution is 2.27. The van der Waals surface area contributed by atoms with Gasteiger partial charge in [-0.1, -0.05) is 6.92 Å². The van der Waals surface area contributed by atoms with E-state index < -0.39 is 0 Å². The summed E-state index contributed by atoms with van der Waals surface area (Å²) >= 11 is 3.56. The molecule has 2 rings (SSSR count). The lowest BCUT2D eigenvalue weighted by molar-refractivity contribution is 0.412. The van der Waals surface area contributed by atoms with Gasteiger partial charge in [0.15, 0.2) is 0 Å². The molecule has 1 N–H and O–H groups in total. The summed E-state index contributed by atoms with van der Waals surface area (Å²) in [4.78, 5) is 6.56. The average molecular weight is 270 g/mol. The quantitative estimate of drug-likeness (QED) is 0.907. The standard InChI is InChI=1S/C11H16BrN3/c1-2-5-15(9-6-14-7-9)11-3-4-13-8-10(11)12/h3-4,8-9,14H,2,5-7H2,1H3. The van der Waals surface area contributed by atoms with Crippen LogP contribution in [-0.4, -0.2) is 30.7 Å². The van der Waals surface area contributed by atoms with Crippen LogP contribution < -0.4 is 10.2 Å². The molecule has 0 aliphatic carbocycles. The van der Waals surface area contributed by atoms with Crippen LogP contribution >= 0.6 is 15.9 Å². The van der Waals surface area contributed by atoms with Gasteiger partial charge in [0.25, 0.3) is 0 Å². The largest absolute Gasteiger partial charge is 0.365 e. The number of anilines is 1. The molecule has 1 aliphatic heterocycles. The Bertz CT molecular complexity index is 325. The molecule has 2 heterocycles. The number of nitrogens with zero attached hydrogens (tertiary/aromatic N) is 2. The van der Waals surface area contributed by atoms with Gasteiger partial charge in [0, 0.05) is 32.0 Å². The first-order valence-corrected chi connectivity index (χ1v) is 6.19. The Labute approximate surface area is 99.0 Å². The summed E-state index contributed by atoms with van der Waals surface area (Å²) in [5.74, 6) is 0. The number of aromatic nitrogens is 1. The van der Waals surface area contributed by atoms with E-state index in [0.29, 0.717) is 6.04 Å². The second-order valence-corrected chi connectivity index (χ2v) is 4.69.